The number of carbonyl (C=O) groups is 1. The number of carbonyl (C=O) groups excluding carboxylic acids is 1. The summed E-state index contributed by atoms with van der Waals surface area (Å²) in [4.78, 5) is 16.5. The van der Waals surface area contributed by atoms with Crippen LogP contribution < -0.4 is 5.32 Å². The first-order valence-corrected chi connectivity index (χ1v) is 10.0. The summed E-state index contributed by atoms with van der Waals surface area (Å²) >= 11 is 1.79. The lowest BCUT2D eigenvalue weighted by atomic mass is 10.0. The van der Waals surface area contributed by atoms with E-state index >= 15 is 0 Å². The van der Waals surface area contributed by atoms with Crippen LogP contribution in [0.15, 0.2) is 34.2 Å². The summed E-state index contributed by atoms with van der Waals surface area (Å²) in [6.07, 6.45) is 0.946. The molecule has 0 atom stereocenters. The average Bonchev–Trinajstić information content (AvgIpc) is 3.26. The van der Waals surface area contributed by atoms with E-state index in [1.54, 1.807) is 11.3 Å². The zero-order valence-electron chi connectivity index (χ0n) is 15.8. The maximum Gasteiger partial charge on any atom is 0.254 e. The Balaban J connectivity index is 1.52. The summed E-state index contributed by atoms with van der Waals surface area (Å²) in [5.74, 6) is 0.926. The number of hydrogen-bond acceptors (Lipinski definition) is 5. The zero-order valence-corrected chi connectivity index (χ0v) is 16.7. The van der Waals surface area contributed by atoms with Crippen LogP contribution in [0.3, 0.4) is 0 Å². The molecule has 27 heavy (non-hydrogen) atoms. The van der Waals surface area contributed by atoms with Gasteiger partial charge in [-0.1, -0.05) is 11.2 Å². The molecule has 1 aliphatic rings. The van der Waals surface area contributed by atoms with Crippen LogP contribution in [0, 0.1) is 20.8 Å². The second-order valence-corrected chi connectivity index (χ2v) is 7.98. The van der Waals surface area contributed by atoms with Gasteiger partial charge in [0.1, 0.15) is 5.76 Å². The number of nitrogens with zero attached hydrogens (tertiary/aromatic N) is 2. The molecule has 0 bridgehead atoms. The monoisotopic (exact) mass is 381 g/mol. The van der Waals surface area contributed by atoms with E-state index in [9.17, 15) is 4.79 Å². The minimum absolute atomic E-state index is 0.102. The van der Waals surface area contributed by atoms with E-state index in [1.165, 1.54) is 10.4 Å². The summed E-state index contributed by atoms with van der Waals surface area (Å²) in [5.41, 5.74) is 5.94. The average molecular weight is 382 g/mol. The number of hydrogen-bond donors (Lipinski definition) is 1. The maximum absolute atomic E-state index is 13.1. The van der Waals surface area contributed by atoms with Gasteiger partial charge < -0.3 is 14.7 Å². The van der Waals surface area contributed by atoms with E-state index in [0.717, 1.165) is 46.8 Å². The molecule has 0 saturated heterocycles. The van der Waals surface area contributed by atoms with E-state index < -0.39 is 0 Å². The molecule has 2 aromatic heterocycles. The number of amides is 1. The Labute approximate surface area is 163 Å². The molecule has 0 fully saturated rings. The molecule has 6 heteroatoms. The molecular weight excluding hydrogens is 358 g/mol. The molecule has 5 nitrogen and oxygen atoms in total. The first kappa shape index (κ1) is 17.8. The Morgan fingerprint density at radius 2 is 2.15 bits per heavy atom. The van der Waals surface area contributed by atoms with Crippen molar-refractivity contribution in [1.29, 1.82) is 0 Å². The topological polar surface area (TPSA) is 58.4 Å². The number of nitrogens with one attached hydrogen (secondary N) is 1. The van der Waals surface area contributed by atoms with Crippen LogP contribution in [0.1, 0.15) is 43.4 Å². The second kappa shape index (κ2) is 7.19. The van der Waals surface area contributed by atoms with Crippen LogP contribution in [-0.2, 0) is 19.5 Å². The standard InChI is InChI=1S/C21H23N3O2S/c1-13-17(21(25)24-9-7-20-16(12-24)8-10-27-20)5-4-6-19(13)22-11-18-14(2)23-26-15(18)3/h4-6,8,10,22H,7,9,11-12H2,1-3H3. The van der Waals surface area contributed by atoms with Crippen molar-refractivity contribution in [1.82, 2.24) is 10.1 Å². The van der Waals surface area contributed by atoms with Crippen molar-refractivity contribution in [2.45, 2.75) is 40.3 Å². The highest BCUT2D eigenvalue weighted by Gasteiger charge is 2.24. The minimum Gasteiger partial charge on any atom is -0.381 e. The first-order valence-electron chi connectivity index (χ1n) is 9.14. The van der Waals surface area contributed by atoms with Gasteiger partial charge in [-0.15, -0.1) is 11.3 Å². The number of fused-ring (bicyclic) bond motifs is 1. The lowest BCUT2D eigenvalue weighted by molar-refractivity contribution is 0.0735. The molecule has 1 aliphatic heterocycles. The van der Waals surface area contributed by atoms with Gasteiger partial charge in [-0.05, 0) is 61.9 Å². The highest BCUT2D eigenvalue weighted by atomic mass is 32.1. The quantitative estimate of drug-likeness (QED) is 0.724. The zero-order chi connectivity index (χ0) is 19.0. The molecule has 1 N–H and O–H groups in total. The van der Waals surface area contributed by atoms with Crippen molar-refractivity contribution in [3.05, 3.63) is 68.2 Å². The normalized spacial score (nSPS) is 13.5. The fourth-order valence-electron chi connectivity index (χ4n) is 3.59. The molecule has 140 valence electrons. The van der Waals surface area contributed by atoms with Crippen molar-refractivity contribution in [3.8, 4) is 0 Å². The van der Waals surface area contributed by atoms with E-state index in [4.69, 9.17) is 4.52 Å². The third kappa shape index (κ3) is 3.37. The highest BCUT2D eigenvalue weighted by Crippen LogP contribution is 2.27. The van der Waals surface area contributed by atoms with Gasteiger partial charge in [0.05, 0.1) is 5.69 Å². The Morgan fingerprint density at radius 3 is 2.93 bits per heavy atom. The van der Waals surface area contributed by atoms with Crippen molar-refractivity contribution >= 4 is 22.9 Å². The van der Waals surface area contributed by atoms with Crippen LogP contribution in [0.2, 0.25) is 0 Å². The van der Waals surface area contributed by atoms with Gasteiger partial charge in [-0.3, -0.25) is 4.79 Å². The molecule has 0 aliphatic carbocycles. The van der Waals surface area contributed by atoms with Crippen LogP contribution >= 0.6 is 11.3 Å². The van der Waals surface area contributed by atoms with Crippen LogP contribution in [0.4, 0.5) is 5.69 Å². The molecule has 4 rings (SSSR count). The van der Waals surface area contributed by atoms with E-state index in [1.807, 2.05) is 43.9 Å². The fraction of sp³-hybridized carbons (Fsp3) is 0.333. The number of benzene rings is 1. The van der Waals surface area contributed by atoms with Gasteiger partial charge in [-0.2, -0.15) is 0 Å². The Hall–Kier alpha value is -2.60. The molecule has 0 spiro atoms. The third-order valence-electron chi connectivity index (χ3n) is 5.30. The van der Waals surface area contributed by atoms with Gasteiger partial charge >= 0.3 is 0 Å². The van der Waals surface area contributed by atoms with Gasteiger partial charge in [-0.25, -0.2) is 0 Å². The molecule has 1 amide bonds. The Kier molecular flexibility index (Phi) is 4.74. The number of thiophene rings is 1. The summed E-state index contributed by atoms with van der Waals surface area (Å²) in [7, 11) is 0. The lowest BCUT2D eigenvalue weighted by Gasteiger charge is -2.28. The number of rotatable bonds is 4. The number of aryl methyl sites for hydroxylation is 2. The summed E-state index contributed by atoms with van der Waals surface area (Å²) in [5, 5.41) is 9.55. The molecular formula is C21H23N3O2S. The highest BCUT2D eigenvalue weighted by molar-refractivity contribution is 7.10. The smallest absolute Gasteiger partial charge is 0.254 e. The molecule has 3 aromatic rings. The maximum atomic E-state index is 13.1. The summed E-state index contributed by atoms with van der Waals surface area (Å²) in [6.45, 7) is 7.97. The third-order valence-corrected chi connectivity index (χ3v) is 6.32. The molecule has 3 heterocycles. The van der Waals surface area contributed by atoms with Crippen molar-refractivity contribution in [2.75, 3.05) is 11.9 Å². The largest absolute Gasteiger partial charge is 0.381 e. The van der Waals surface area contributed by atoms with E-state index in [0.29, 0.717) is 13.1 Å². The minimum atomic E-state index is 0.102. The predicted octanol–water partition coefficient (Wildman–Crippen LogP) is 4.47. The van der Waals surface area contributed by atoms with Crippen molar-refractivity contribution in [2.24, 2.45) is 0 Å². The predicted molar refractivity (Wildman–Crippen MR) is 107 cm³/mol. The van der Waals surface area contributed by atoms with Gasteiger partial charge in [0.2, 0.25) is 0 Å². The number of anilines is 1. The molecule has 0 saturated carbocycles. The first-order chi connectivity index (χ1) is 13.0. The molecule has 1 aromatic carbocycles. The van der Waals surface area contributed by atoms with Crippen molar-refractivity contribution < 1.29 is 9.32 Å². The summed E-state index contributed by atoms with van der Waals surface area (Å²) < 4.78 is 5.23. The van der Waals surface area contributed by atoms with E-state index in [2.05, 4.69) is 21.9 Å². The van der Waals surface area contributed by atoms with Gasteiger partial charge in [0.15, 0.2) is 0 Å². The van der Waals surface area contributed by atoms with Crippen LogP contribution in [0.5, 0.6) is 0 Å². The molecule has 0 unspecified atom stereocenters. The molecule has 0 radical (unpaired) electrons. The summed E-state index contributed by atoms with van der Waals surface area (Å²) in [6, 6.07) is 8.00. The second-order valence-electron chi connectivity index (χ2n) is 6.98. The van der Waals surface area contributed by atoms with Crippen LogP contribution in [0.25, 0.3) is 0 Å². The lowest BCUT2D eigenvalue weighted by Crippen LogP contribution is -2.35. The van der Waals surface area contributed by atoms with Crippen LogP contribution in [-0.4, -0.2) is 22.5 Å². The van der Waals surface area contributed by atoms with Gasteiger partial charge in [0, 0.05) is 41.3 Å². The fourth-order valence-corrected chi connectivity index (χ4v) is 4.48. The Bertz CT molecular complexity index is 970. The number of aromatic nitrogens is 1. The Morgan fingerprint density at radius 1 is 1.30 bits per heavy atom. The van der Waals surface area contributed by atoms with E-state index in [-0.39, 0.29) is 5.91 Å². The van der Waals surface area contributed by atoms with Gasteiger partial charge in [0.25, 0.3) is 5.91 Å². The van der Waals surface area contributed by atoms with Crippen molar-refractivity contribution in [3.63, 3.8) is 0 Å². The SMILES string of the molecule is Cc1noc(C)c1CNc1cccc(C(=O)N2CCc3sccc3C2)c1C.